The predicted octanol–water partition coefficient (Wildman–Crippen LogP) is 3.72. The Labute approximate surface area is 185 Å². The molecule has 3 heterocycles. The first-order chi connectivity index (χ1) is 15.4. The summed E-state index contributed by atoms with van der Waals surface area (Å²) in [7, 11) is 0. The van der Waals surface area contributed by atoms with Crippen molar-refractivity contribution in [3.8, 4) is 16.5 Å². The highest BCUT2D eigenvalue weighted by atomic mass is 32.1. The number of hydrogen-bond acceptors (Lipinski definition) is 7. The summed E-state index contributed by atoms with van der Waals surface area (Å²) < 4.78 is 1.37. The number of amides is 1. The Morgan fingerprint density at radius 2 is 2.03 bits per heavy atom. The van der Waals surface area contributed by atoms with Gasteiger partial charge in [0.15, 0.2) is 0 Å². The number of nitrogens with zero attached hydrogens (tertiary/aromatic N) is 4. The summed E-state index contributed by atoms with van der Waals surface area (Å²) in [6.45, 7) is 3.62. The monoisotopic (exact) mass is 450 g/mol. The molecule has 2 N–H and O–H groups in total. The Balaban J connectivity index is 1.75. The number of carbonyl (C=O) groups is 1. The van der Waals surface area contributed by atoms with Crippen molar-refractivity contribution in [3.63, 3.8) is 0 Å². The van der Waals surface area contributed by atoms with E-state index >= 15 is 0 Å². The maximum Gasteiger partial charge on any atom is 0.269 e. The van der Waals surface area contributed by atoms with Gasteiger partial charge in [0.25, 0.3) is 17.2 Å². The lowest BCUT2D eigenvalue weighted by atomic mass is 10.2. The van der Waals surface area contributed by atoms with Crippen molar-refractivity contribution >= 4 is 28.7 Å². The summed E-state index contributed by atoms with van der Waals surface area (Å²) >= 11 is 1.48. The van der Waals surface area contributed by atoms with Gasteiger partial charge in [0.2, 0.25) is 5.95 Å². The summed E-state index contributed by atoms with van der Waals surface area (Å²) in [6.07, 6.45) is 0.539. The molecule has 11 heteroatoms. The molecule has 0 bridgehead atoms. The van der Waals surface area contributed by atoms with E-state index < -0.39 is 10.8 Å². The van der Waals surface area contributed by atoms with E-state index in [4.69, 9.17) is 0 Å². The lowest BCUT2D eigenvalue weighted by Crippen LogP contribution is -2.22. The van der Waals surface area contributed by atoms with E-state index in [1.807, 2.05) is 24.4 Å². The lowest BCUT2D eigenvalue weighted by molar-refractivity contribution is -0.384. The second-order valence-corrected chi connectivity index (χ2v) is 7.82. The smallest absolute Gasteiger partial charge is 0.269 e. The minimum Gasteiger partial charge on any atom is -0.306 e. The largest absolute Gasteiger partial charge is 0.306 e. The van der Waals surface area contributed by atoms with E-state index in [0.29, 0.717) is 29.2 Å². The fourth-order valence-corrected chi connectivity index (χ4v) is 3.89. The third-order valence-corrected chi connectivity index (χ3v) is 5.72. The molecule has 3 aromatic heterocycles. The molecule has 162 valence electrons. The molecule has 4 rings (SSSR count). The number of aromatic nitrogens is 4. The van der Waals surface area contributed by atoms with Crippen LogP contribution in [0.4, 0.5) is 11.5 Å². The van der Waals surface area contributed by atoms with Crippen molar-refractivity contribution in [1.29, 1.82) is 0 Å². The summed E-state index contributed by atoms with van der Waals surface area (Å²) in [5, 5.41) is 20.0. The molecular weight excluding hydrogens is 432 g/mol. The molecule has 0 unspecified atom stereocenters. The zero-order valence-corrected chi connectivity index (χ0v) is 18.0. The normalized spacial score (nSPS) is 10.8. The molecule has 32 heavy (non-hydrogen) atoms. The number of non-ortho nitro benzene ring substituents is 1. The predicted molar refractivity (Wildman–Crippen MR) is 120 cm³/mol. The SMILES string of the molecule is CCc1c(C)nc(-n2nc(-c3cccs3)cc2NC(=O)c2ccc([N+](=O)[O-])cc2)[nH]c1=O. The molecule has 0 spiro atoms. The lowest BCUT2D eigenvalue weighted by Gasteiger charge is -2.10. The number of hydrogen-bond donors (Lipinski definition) is 2. The molecule has 0 radical (unpaired) electrons. The minimum atomic E-state index is -0.533. The van der Waals surface area contributed by atoms with Gasteiger partial charge in [-0.15, -0.1) is 11.3 Å². The zero-order valence-electron chi connectivity index (χ0n) is 17.2. The number of aryl methyl sites for hydroxylation is 1. The van der Waals surface area contributed by atoms with Gasteiger partial charge in [0, 0.05) is 35.0 Å². The van der Waals surface area contributed by atoms with Gasteiger partial charge in [-0.3, -0.25) is 24.7 Å². The fourth-order valence-electron chi connectivity index (χ4n) is 3.21. The van der Waals surface area contributed by atoms with Crippen LogP contribution in [0, 0.1) is 17.0 Å². The van der Waals surface area contributed by atoms with E-state index in [0.717, 1.165) is 4.88 Å². The van der Waals surface area contributed by atoms with Crippen molar-refractivity contribution < 1.29 is 9.72 Å². The highest BCUT2D eigenvalue weighted by molar-refractivity contribution is 7.13. The van der Waals surface area contributed by atoms with E-state index in [1.54, 1.807) is 13.0 Å². The van der Waals surface area contributed by atoms with Crippen molar-refractivity contribution in [3.05, 3.63) is 85.1 Å². The van der Waals surface area contributed by atoms with Crippen LogP contribution in [0.5, 0.6) is 0 Å². The number of thiophene rings is 1. The third kappa shape index (κ3) is 4.05. The summed E-state index contributed by atoms with van der Waals surface area (Å²) in [4.78, 5) is 43.6. The first-order valence-corrected chi connectivity index (χ1v) is 10.5. The van der Waals surface area contributed by atoms with Gasteiger partial charge in [0.1, 0.15) is 11.5 Å². The van der Waals surface area contributed by atoms with E-state index in [9.17, 15) is 19.7 Å². The van der Waals surface area contributed by atoms with Gasteiger partial charge in [-0.2, -0.15) is 9.78 Å². The number of aromatic amines is 1. The second-order valence-electron chi connectivity index (χ2n) is 6.87. The van der Waals surface area contributed by atoms with Crippen LogP contribution in [-0.4, -0.2) is 30.6 Å². The maximum absolute atomic E-state index is 12.8. The number of anilines is 1. The molecule has 0 fully saturated rings. The average molecular weight is 450 g/mol. The fraction of sp³-hybridized carbons (Fsp3) is 0.143. The van der Waals surface area contributed by atoms with E-state index in [2.05, 4.69) is 20.4 Å². The minimum absolute atomic E-state index is 0.111. The summed E-state index contributed by atoms with van der Waals surface area (Å²) in [5.74, 6) is -0.0157. The molecule has 1 amide bonds. The number of H-pyrrole nitrogens is 1. The topological polar surface area (TPSA) is 136 Å². The number of nitro groups is 1. The third-order valence-electron chi connectivity index (χ3n) is 4.83. The summed E-state index contributed by atoms with van der Waals surface area (Å²) in [6, 6.07) is 10.7. The van der Waals surface area contributed by atoms with E-state index in [1.165, 1.54) is 40.3 Å². The second kappa shape index (κ2) is 8.55. The average Bonchev–Trinajstić information content (AvgIpc) is 3.43. The number of rotatable bonds is 6. The number of nitro benzene ring substituents is 1. The highest BCUT2D eigenvalue weighted by Crippen LogP contribution is 2.27. The van der Waals surface area contributed by atoms with E-state index in [-0.39, 0.29) is 22.8 Å². The van der Waals surface area contributed by atoms with Gasteiger partial charge < -0.3 is 5.32 Å². The number of benzene rings is 1. The van der Waals surface area contributed by atoms with Gasteiger partial charge in [0.05, 0.1) is 9.80 Å². The zero-order chi connectivity index (χ0) is 22.8. The Bertz CT molecular complexity index is 1360. The van der Waals surface area contributed by atoms with Crippen LogP contribution >= 0.6 is 11.3 Å². The maximum atomic E-state index is 12.8. The Kier molecular flexibility index (Phi) is 5.65. The molecule has 0 aliphatic rings. The van der Waals surface area contributed by atoms with Crippen LogP contribution in [0.2, 0.25) is 0 Å². The first kappa shape index (κ1) is 21.1. The molecule has 10 nitrogen and oxygen atoms in total. The Morgan fingerprint density at radius 3 is 2.62 bits per heavy atom. The van der Waals surface area contributed by atoms with Gasteiger partial charge in [-0.1, -0.05) is 13.0 Å². The number of nitrogens with one attached hydrogen (secondary N) is 2. The van der Waals surface area contributed by atoms with Crippen molar-refractivity contribution in [2.75, 3.05) is 5.32 Å². The standard InChI is InChI=1S/C21H18N6O4S/c1-3-15-12(2)22-21(24-20(15)29)26-18(11-16(25-26)17-5-4-10-32-17)23-19(28)13-6-8-14(9-7-13)27(30)31/h4-11H,3H2,1-2H3,(H,23,28)(H,22,24,29). The van der Waals surface area contributed by atoms with Crippen LogP contribution in [-0.2, 0) is 6.42 Å². The Morgan fingerprint density at radius 1 is 1.28 bits per heavy atom. The molecule has 0 saturated carbocycles. The van der Waals surface area contributed by atoms with Crippen LogP contribution in [0.1, 0.15) is 28.5 Å². The van der Waals surface area contributed by atoms with Crippen LogP contribution in [0.25, 0.3) is 16.5 Å². The Hall–Kier alpha value is -4.12. The molecule has 1 aromatic carbocycles. The van der Waals surface area contributed by atoms with Gasteiger partial charge in [-0.25, -0.2) is 4.98 Å². The van der Waals surface area contributed by atoms with Crippen LogP contribution in [0.15, 0.2) is 52.6 Å². The van der Waals surface area contributed by atoms with Crippen LogP contribution < -0.4 is 10.9 Å². The van der Waals surface area contributed by atoms with Gasteiger partial charge >= 0.3 is 0 Å². The van der Waals surface area contributed by atoms with Crippen molar-refractivity contribution in [2.24, 2.45) is 0 Å². The summed E-state index contributed by atoms with van der Waals surface area (Å²) in [5.41, 5.74) is 1.61. The molecule has 4 aromatic rings. The van der Waals surface area contributed by atoms with Crippen molar-refractivity contribution in [2.45, 2.75) is 20.3 Å². The molecule has 0 aliphatic heterocycles. The highest BCUT2D eigenvalue weighted by Gasteiger charge is 2.18. The molecular formula is C21H18N6O4S. The van der Waals surface area contributed by atoms with Crippen molar-refractivity contribution in [1.82, 2.24) is 19.7 Å². The van der Waals surface area contributed by atoms with Crippen LogP contribution in [0.3, 0.4) is 0 Å². The van der Waals surface area contributed by atoms with Gasteiger partial charge in [-0.05, 0) is 36.9 Å². The molecule has 0 atom stereocenters. The molecule has 0 saturated heterocycles. The first-order valence-electron chi connectivity index (χ1n) is 9.67. The quantitative estimate of drug-likeness (QED) is 0.339. The molecule has 0 aliphatic carbocycles. The number of carbonyl (C=O) groups excluding carboxylic acids is 1.